The Labute approximate surface area is 119 Å². The Balaban J connectivity index is 2.21. The summed E-state index contributed by atoms with van der Waals surface area (Å²) in [7, 11) is 0. The van der Waals surface area contributed by atoms with Crippen molar-refractivity contribution < 1.29 is 9.85 Å². The first-order chi connectivity index (χ1) is 10.1. The van der Waals surface area contributed by atoms with Crippen molar-refractivity contribution in [1.82, 2.24) is 0 Å². The fourth-order valence-electron chi connectivity index (χ4n) is 1.71. The monoisotopic (exact) mass is 286 g/mol. The number of hydrogen-bond donors (Lipinski definition) is 0. The highest BCUT2D eigenvalue weighted by atomic mass is 16.6. The predicted octanol–water partition coefficient (Wildman–Crippen LogP) is 3.79. The average molecular weight is 286 g/mol. The van der Waals surface area contributed by atoms with E-state index >= 15 is 0 Å². The molecule has 8 heteroatoms. The van der Waals surface area contributed by atoms with Gasteiger partial charge in [-0.05, 0) is 6.07 Å². The highest BCUT2D eigenvalue weighted by Gasteiger charge is 2.13. The van der Waals surface area contributed by atoms with Gasteiger partial charge in [-0.3, -0.25) is 20.2 Å². The SMILES string of the molecule is O=[N+]([O-])c1ccccc1CN=Nc1ccccc1[N+](=O)[O-]. The summed E-state index contributed by atoms with van der Waals surface area (Å²) in [5.74, 6) is 0. The zero-order chi connectivity index (χ0) is 15.2. The Morgan fingerprint density at radius 1 is 0.857 bits per heavy atom. The van der Waals surface area contributed by atoms with Crippen LogP contribution in [0.15, 0.2) is 58.8 Å². The predicted molar refractivity (Wildman–Crippen MR) is 74.4 cm³/mol. The molecule has 2 aromatic rings. The molecule has 0 heterocycles. The van der Waals surface area contributed by atoms with E-state index in [1.165, 1.54) is 24.3 Å². The number of nitro benzene ring substituents is 2. The molecule has 0 unspecified atom stereocenters. The van der Waals surface area contributed by atoms with Gasteiger partial charge >= 0.3 is 0 Å². The van der Waals surface area contributed by atoms with Gasteiger partial charge < -0.3 is 0 Å². The van der Waals surface area contributed by atoms with Gasteiger partial charge in [0, 0.05) is 12.1 Å². The van der Waals surface area contributed by atoms with E-state index in [0.717, 1.165) is 0 Å². The van der Waals surface area contributed by atoms with Crippen molar-refractivity contribution in [1.29, 1.82) is 0 Å². The molecular formula is C13H10N4O4. The maximum absolute atomic E-state index is 10.8. The molecule has 8 nitrogen and oxygen atoms in total. The maximum atomic E-state index is 10.8. The minimum absolute atomic E-state index is 0.0246. The zero-order valence-corrected chi connectivity index (χ0v) is 10.7. The van der Waals surface area contributed by atoms with Crippen molar-refractivity contribution in [2.75, 3.05) is 0 Å². The smallest absolute Gasteiger partial charge is 0.258 e. The second-order valence-corrected chi connectivity index (χ2v) is 4.03. The highest BCUT2D eigenvalue weighted by molar-refractivity contribution is 5.56. The lowest BCUT2D eigenvalue weighted by Crippen LogP contribution is -1.93. The standard InChI is InChI=1S/C13H10N4O4/c18-16(19)12-7-3-1-5-10(12)9-14-15-11-6-2-4-8-13(11)17(20)21/h1-8H,9H2. The minimum Gasteiger partial charge on any atom is -0.258 e. The summed E-state index contributed by atoms with van der Waals surface area (Å²) >= 11 is 0. The largest absolute Gasteiger partial charge is 0.296 e. The Morgan fingerprint density at radius 3 is 2.10 bits per heavy atom. The van der Waals surface area contributed by atoms with E-state index in [9.17, 15) is 20.2 Å². The molecular weight excluding hydrogens is 276 g/mol. The molecule has 0 bridgehead atoms. The molecule has 2 rings (SSSR count). The van der Waals surface area contributed by atoms with Crippen LogP contribution in [-0.4, -0.2) is 9.85 Å². The summed E-state index contributed by atoms with van der Waals surface area (Å²) in [6.45, 7) is -0.0246. The minimum atomic E-state index is -0.556. The molecule has 2 aromatic carbocycles. The molecule has 21 heavy (non-hydrogen) atoms. The summed E-state index contributed by atoms with van der Waals surface area (Å²) in [5, 5.41) is 29.3. The van der Waals surface area contributed by atoms with E-state index in [0.29, 0.717) is 5.56 Å². The van der Waals surface area contributed by atoms with Crippen LogP contribution in [0.2, 0.25) is 0 Å². The third-order valence-electron chi connectivity index (χ3n) is 2.69. The van der Waals surface area contributed by atoms with Crippen LogP contribution in [0, 0.1) is 20.2 Å². The van der Waals surface area contributed by atoms with E-state index < -0.39 is 9.85 Å². The summed E-state index contributed by atoms with van der Waals surface area (Å²) in [4.78, 5) is 20.6. The van der Waals surface area contributed by atoms with E-state index in [2.05, 4.69) is 10.2 Å². The number of nitro groups is 2. The lowest BCUT2D eigenvalue weighted by Gasteiger charge is -1.98. The van der Waals surface area contributed by atoms with Crippen LogP contribution in [0.4, 0.5) is 17.1 Å². The van der Waals surface area contributed by atoms with Crippen LogP contribution >= 0.6 is 0 Å². The molecule has 0 saturated carbocycles. The molecule has 0 radical (unpaired) electrons. The second kappa shape index (κ2) is 6.33. The molecule has 106 valence electrons. The number of nitrogens with zero attached hydrogens (tertiary/aromatic N) is 4. The van der Waals surface area contributed by atoms with Crippen LogP contribution in [0.1, 0.15) is 5.56 Å². The number of rotatable bonds is 5. The first-order valence-corrected chi connectivity index (χ1v) is 5.93. The number of azo groups is 1. The molecule has 0 fully saturated rings. The van der Waals surface area contributed by atoms with E-state index in [4.69, 9.17) is 0 Å². The number of para-hydroxylation sites is 2. The lowest BCUT2D eigenvalue weighted by atomic mass is 10.2. The van der Waals surface area contributed by atoms with Crippen molar-refractivity contribution in [3.63, 3.8) is 0 Å². The average Bonchev–Trinajstić information content (AvgIpc) is 2.48. The summed E-state index contributed by atoms with van der Waals surface area (Å²) in [6, 6.07) is 12.1. The van der Waals surface area contributed by atoms with Gasteiger partial charge in [0.05, 0.1) is 22.0 Å². The van der Waals surface area contributed by atoms with Gasteiger partial charge in [0.2, 0.25) is 0 Å². The first kappa shape index (κ1) is 14.3. The highest BCUT2D eigenvalue weighted by Crippen LogP contribution is 2.27. The summed E-state index contributed by atoms with van der Waals surface area (Å²) < 4.78 is 0. The fourth-order valence-corrected chi connectivity index (χ4v) is 1.71. The van der Waals surface area contributed by atoms with E-state index in [1.54, 1.807) is 24.3 Å². The van der Waals surface area contributed by atoms with Crippen LogP contribution in [-0.2, 0) is 6.54 Å². The Bertz CT molecular complexity index is 715. The Hall–Kier alpha value is -3.16. The Morgan fingerprint density at radius 2 is 1.43 bits per heavy atom. The summed E-state index contributed by atoms with van der Waals surface area (Å²) in [6.07, 6.45) is 0. The molecule has 0 N–H and O–H groups in total. The Kier molecular flexibility index (Phi) is 4.30. The van der Waals surface area contributed by atoms with Gasteiger partial charge in [-0.1, -0.05) is 30.3 Å². The molecule has 0 aliphatic carbocycles. The van der Waals surface area contributed by atoms with E-state index in [1.807, 2.05) is 0 Å². The van der Waals surface area contributed by atoms with Crippen molar-refractivity contribution in [2.45, 2.75) is 6.54 Å². The molecule has 0 aliphatic heterocycles. The summed E-state index contributed by atoms with van der Waals surface area (Å²) in [5.41, 5.74) is 0.286. The van der Waals surface area contributed by atoms with Gasteiger partial charge in [0.15, 0.2) is 5.69 Å². The maximum Gasteiger partial charge on any atom is 0.296 e. The lowest BCUT2D eigenvalue weighted by molar-refractivity contribution is -0.385. The molecule has 0 aliphatic rings. The van der Waals surface area contributed by atoms with Crippen molar-refractivity contribution in [2.24, 2.45) is 10.2 Å². The zero-order valence-electron chi connectivity index (χ0n) is 10.7. The first-order valence-electron chi connectivity index (χ1n) is 5.93. The number of benzene rings is 2. The van der Waals surface area contributed by atoms with Crippen LogP contribution in [0.25, 0.3) is 0 Å². The molecule has 0 amide bonds. The van der Waals surface area contributed by atoms with Gasteiger partial charge in [0.1, 0.15) is 0 Å². The third-order valence-corrected chi connectivity index (χ3v) is 2.69. The van der Waals surface area contributed by atoms with E-state index in [-0.39, 0.29) is 23.6 Å². The molecule has 0 spiro atoms. The third kappa shape index (κ3) is 3.44. The van der Waals surface area contributed by atoms with Gasteiger partial charge in [0.25, 0.3) is 11.4 Å². The second-order valence-electron chi connectivity index (χ2n) is 4.03. The quantitative estimate of drug-likeness (QED) is 0.472. The van der Waals surface area contributed by atoms with Crippen molar-refractivity contribution in [3.05, 3.63) is 74.3 Å². The molecule has 0 aromatic heterocycles. The van der Waals surface area contributed by atoms with Crippen LogP contribution in [0.3, 0.4) is 0 Å². The van der Waals surface area contributed by atoms with Gasteiger partial charge in [-0.2, -0.15) is 5.11 Å². The van der Waals surface area contributed by atoms with Gasteiger partial charge in [-0.25, -0.2) is 0 Å². The normalized spacial score (nSPS) is 10.7. The molecule has 0 atom stereocenters. The van der Waals surface area contributed by atoms with Crippen molar-refractivity contribution in [3.8, 4) is 0 Å². The van der Waals surface area contributed by atoms with Crippen LogP contribution in [0.5, 0.6) is 0 Å². The molecule has 0 saturated heterocycles. The topological polar surface area (TPSA) is 111 Å². The van der Waals surface area contributed by atoms with Crippen LogP contribution < -0.4 is 0 Å². The fraction of sp³-hybridized carbons (Fsp3) is 0.0769. The number of hydrogen-bond acceptors (Lipinski definition) is 6. The van der Waals surface area contributed by atoms with Crippen molar-refractivity contribution >= 4 is 17.1 Å². The van der Waals surface area contributed by atoms with Gasteiger partial charge in [-0.15, -0.1) is 5.11 Å².